The third-order valence-corrected chi connectivity index (χ3v) is 5.06. The molecule has 2 saturated heterocycles. The molecule has 0 aromatic rings. The van der Waals surface area contributed by atoms with Gasteiger partial charge in [-0.1, -0.05) is 0 Å². The van der Waals surface area contributed by atoms with Crippen LogP contribution in [0.2, 0.25) is 0 Å². The quantitative estimate of drug-likeness (QED) is 0.619. The molecular weight excluding hydrogens is 206 g/mol. The van der Waals surface area contributed by atoms with Gasteiger partial charge in [0.1, 0.15) is 0 Å². The first-order valence-electron chi connectivity index (χ1n) is 6.01. The van der Waals surface area contributed by atoms with Crippen LogP contribution in [-0.4, -0.2) is 36.4 Å². The Bertz CT molecular complexity index is 325. The van der Waals surface area contributed by atoms with E-state index in [9.17, 15) is 0 Å². The molecule has 0 spiro atoms. The molecule has 2 saturated carbocycles. The first-order valence-corrected chi connectivity index (χ1v) is 6.01. The van der Waals surface area contributed by atoms with Crippen molar-refractivity contribution >= 4 is 14.0 Å². The molecule has 2 aliphatic heterocycles. The van der Waals surface area contributed by atoms with Gasteiger partial charge in [0.2, 0.25) is 0 Å². The molecule has 0 bridgehead atoms. The zero-order valence-electron chi connectivity index (χ0n) is 10.2. The number of hydrogen-bond donors (Lipinski definition) is 0. The van der Waals surface area contributed by atoms with Crippen molar-refractivity contribution in [2.24, 2.45) is 0 Å². The molecule has 4 fully saturated rings. The fraction of sp³-hybridized carbons (Fsp3) is 1.00. The number of fused-ring (bicyclic) bond motifs is 2. The summed E-state index contributed by atoms with van der Waals surface area (Å²) in [5.74, 6) is 0. The van der Waals surface area contributed by atoms with Gasteiger partial charge in [0.25, 0.3) is 0 Å². The lowest BCUT2D eigenvalue weighted by Gasteiger charge is -2.16. The van der Waals surface area contributed by atoms with Crippen LogP contribution < -0.4 is 0 Å². The molecule has 2 heterocycles. The average molecular weight is 222 g/mol. The molecule has 0 amide bonds. The largest absolute Gasteiger partial charge is 0.489 e. The monoisotopic (exact) mass is 222 g/mol. The Labute approximate surface area is 96.2 Å². The minimum Gasteiger partial charge on any atom is -0.405 e. The van der Waals surface area contributed by atoms with Gasteiger partial charge in [0.15, 0.2) is 0 Å². The van der Waals surface area contributed by atoms with E-state index in [4.69, 9.17) is 18.6 Å². The van der Waals surface area contributed by atoms with Crippen molar-refractivity contribution in [2.45, 2.75) is 62.9 Å². The highest BCUT2D eigenvalue weighted by atomic mass is 16.7. The second kappa shape index (κ2) is 2.26. The van der Waals surface area contributed by atoms with Crippen molar-refractivity contribution in [3.05, 3.63) is 0 Å². The SMILES string of the molecule is CC12CC1(C)OB(B1OC3(C)CC3(C)O1)O2. The van der Waals surface area contributed by atoms with E-state index in [0.717, 1.165) is 12.8 Å². The van der Waals surface area contributed by atoms with Crippen LogP contribution in [0, 0.1) is 0 Å². The summed E-state index contributed by atoms with van der Waals surface area (Å²) in [5.41, 5.74) is -0.504. The van der Waals surface area contributed by atoms with Crippen LogP contribution in [0.25, 0.3) is 0 Å². The van der Waals surface area contributed by atoms with Gasteiger partial charge in [-0.25, -0.2) is 0 Å². The first kappa shape index (κ1) is 9.95. The van der Waals surface area contributed by atoms with Crippen LogP contribution in [-0.2, 0) is 18.6 Å². The molecule has 0 radical (unpaired) electrons. The van der Waals surface area contributed by atoms with Crippen LogP contribution in [0.4, 0.5) is 0 Å². The van der Waals surface area contributed by atoms with Gasteiger partial charge in [-0.2, -0.15) is 0 Å². The summed E-state index contributed by atoms with van der Waals surface area (Å²) >= 11 is 0. The standard InChI is InChI=1S/C10H16B2O4/c1-7-5-8(7,2)14-11(13-7)12-15-9(3)6-10(9,4)16-12/h5-6H2,1-4H3. The molecule has 4 nitrogen and oxygen atoms in total. The maximum absolute atomic E-state index is 5.90. The first-order chi connectivity index (χ1) is 7.29. The second-order valence-corrected chi connectivity index (χ2v) is 6.49. The fourth-order valence-electron chi connectivity index (χ4n) is 3.16. The van der Waals surface area contributed by atoms with Crippen molar-refractivity contribution in [1.82, 2.24) is 0 Å². The lowest BCUT2D eigenvalue weighted by Crippen LogP contribution is -2.44. The van der Waals surface area contributed by atoms with Crippen LogP contribution in [0.1, 0.15) is 40.5 Å². The molecule has 86 valence electrons. The summed E-state index contributed by atoms with van der Waals surface area (Å²) in [7, 11) is -0.713. The zero-order valence-corrected chi connectivity index (χ0v) is 10.2. The summed E-state index contributed by atoms with van der Waals surface area (Å²) in [5, 5.41) is 0. The number of rotatable bonds is 1. The highest BCUT2D eigenvalue weighted by Gasteiger charge is 2.79. The zero-order chi connectivity index (χ0) is 11.4. The molecule has 16 heavy (non-hydrogen) atoms. The minimum absolute atomic E-state index is 0.126. The Morgan fingerprint density at radius 3 is 1.12 bits per heavy atom. The van der Waals surface area contributed by atoms with E-state index >= 15 is 0 Å². The summed E-state index contributed by atoms with van der Waals surface area (Å²) in [4.78, 5) is 0. The van der Waals surface area contributed by atoms with Crippen LogP contribution in [0.5, 0.6) is 0 Å². The molecule has 0 aromatic carbocycles. The van der Waals surface area contributed by atoms with Crippen molar-refractivity contribution < 1.29 is 18.6 Å². The van der Waals surface area contributed by atoms with Gasteiger partial charge in [0, 0.05) is 12.8 Å². The Morgan fingerprint density at radius 1 is 0.625 bits per heavy atom. The average Bonchev–Trinajstić information content (AvgIpc) is 2.73. The van der Waals surface area contributed by atoms with E-state index in [-0.39, 0.29) is 36.4 Å². The third-order valence-electron chi connectivity index (χ3n) is 5.06. The summed E-state index contributed by atoms with van der Waals surface area (Å²) in [6.45, 7) is 8.36. The molecule has 0 aromatic heterocycles. The molecule has 4 unspecified atom stereocenters. The van der Waals surface area contributed by atoms with Gasteiger partial charge in [-0.05, 0) is 27.7 Å². The second-order valence-electron chi connectivity index (χ2n) is 6.49. The van der Waals surface area contributed by atoms with E-state index in [1.54, 1.807) is 0 Å². The summed E-state index contributed by atoms with van der Waals surface area (Å²) < 4.78 is 23.6. The predicted molar refractivity (Wildman–Crippen MR) is 58.7 cm³/mol. The van der Waals surface area contributed by atoms with E-state index in [0.29, 0.717) is 0 Å². The van der Waals surface area contributed by atoms with Gasteiger partial charge < -0.3 is 18.6 Å². The topological polar surface area (TPSA) is 36.9 Å². The Kier molecular flexibility index (Phi) is 1.40. The Morgan fingerprint density at radius 2 is 0.875 bits per heavy atom. The lowest BCUT2D eigenvalue weighted by atomic mass is 9.48. The van der Waals surface area contributed by atoms with E-state index in [1.807, 2.05) is 0 Å². The Hall–Kier alpha value is -0.0301. The molecule has 0 N–H and O–H groups in total. The molecule has 6 heteroatoms. The summed E-state index contributed by atoms with van der Waals surface area (Å²) in [6.07, 6.45) is 1.94. The normalized spacial score (nSPS) is 62.2. The van der Waals surface area contributed by atoms with Crippen molar-refractivity contribution in [1.29, 1.82) is 0 Å². The van der Waals surface area contributed by atoms with Gasteiger partial charge in [0.05, 0.1) is 22.4 Å². The van der Waals surface area contributed by atoms with Gasteiger partial charge in [-0.15, -0.1) is 0 Å². The molecule has 4 aliphatic rings. The highest BCUT2D eigenvalue weighted by Crippen LogP contribution is 2.62. The fourth-order valence-corrected chi connectivity index (χ4v) is 3.16. The molecule has 4 atom stereocenters. The molecular formula is C10H16B2O4. The summed E-state index contributed by atoms with van der Waals surface area (Å²) in [6, 6.07) is 0. The van der Waals surface area contributed by atoms with Crippen LogP contribution >= 0.6 is 0 Å². The predicted octanol–water partition coefficient (Wildman–Crippen LogP) is 0.977. The third kappa shape index (κ3) is 0.941. The van der Waals surface area contributed by atoms with E-state index in [1.165, 1.54) is 0 Å². The lowest BCUT2D eigenvalue weighted by molar-refractivity contribution is 0.187. The number of hydrogen-bond acceptors (Lipinski definition) is 4. The highest BCUT2D eigenvalue weighted by molar-refractivity contribution is 7.11. The van der Waals surface area contributed by atoms with Crippen molar-refractivity contribution in [3.8, 4) is 0 Å². The van der Waals surface area contributed by atoms with E-state index in [2.05, 4.69) is 27.7 Å². The van der Waals surface area contributed by atoms with Gasteiger partial charge >= 0.3 is 14.0 Å². The van der Waals surface area contributed by atoms with Crippen LogP contribution in [0.15, 0.2) is 0 Å². The smallest absolute Gasteiger partial charge is 0.405 e. The maximum Gasteiger partial charge on any atom is 0.489 e. The van der Waals surface area contributed by atoms with E-state index < -0.39 is 0 Å². The van der Waals surface area contributed by atoms with Crippen molar-refractivity contribution in [3.63, 3.8) is 0 Å². The molecule has 4 rings (SSSR count). The maximum atomic E-state index is 5.90. The minimum atomic E-state index is -0.356. The van der Waals surface area contributed by atoms with Gasteiger partial charge in [-0.3, -0.25) is 0 Å². The Balaban J connectivity index is 1.51. The van der Waals surface area contributed by atoms with Crippen LogP contribution in [0.3, 0.4) is 0 Å². The van der Waals surface area contributed by atoms with Crippen molar-refractivity contribution in [2.75, 3.05) is 0 Å². The molecule has 2 aliphatic carbocycles.